The highest BCUT2D eigenvalue weighted by atomic mass is 15.1. The number of nitrogens with zero attached hydrogens (tertiary/aromatic N) is 3. The third kappa shape index (κ3) is 3.42. The van der Waals surface area contributed by atoms with Crippen LogP contribution in [0, 0.1) is 5.92 Å². The van der Waals surface area contributed by atoms with E-state index >= 15 is 0 Å². The molecular formula is C21H31N3. The van der Waals surface area contributed by atoms with Gasteiger partial charge in [0.15, 0.2) is 0 Å². The minimum absolute atomic E-state index is 0.669. The first-order valence-electron chi connectivity index (χ1n) is 9.03. The molecule has 24 heavy (non-hydrogen) atoms. The molecule has 2 aromatic rings. The minimum Gasteiger partial charge on any atom is -0.347 e. The lowest BCUT2D eigenvalue weighted by Gasteiger charge is -2.27. The van der Waals surface area contributed by atoms with Crippen LogP contribution >= 0.6 is 0 Å². The van der Waals surface area contributed by atoms with Crippen LogP contribution in [0.25, 0.3) is 17.0 Å². The molecule has 1 aliphatic rings. The number of aryl methyl sites for hydroxylation is 1. The van der Waals surface area contributed by atoms with E-state index in [1.807, 2.05) is 0 Å². The summed E-state index contributed by atoms with van der Waals surface area (Å²) in [5, 5.41) is 1.41. The topological polar surface area (TPSA) is 11.4 Å². The summed E-state index contributed by atoms with van der Waals surface area (Å²) in [5.74, 6) is 0.669. The molecule has 0 fully saturated rings. The number of hydrogen-bond acceptors (Lipinski definition) is 2. The number of para-hydroxylation sites is 1. The number of benzene rings is 1. The zero-order valence-corrected chi connectivity index (χ0v) is 15.8. The van der Waals surface area contributed by atoms with E-state index in [-0.39, 0.29) is 0 Å². The van der Waals surface area contributed by atoms with Gasteiger partial charge < -0.3 is 14.4 Å². The number of hydrogen-bond donors (Lipinski definition) is 0. The number of aromatic nitrogens is 1. The predicted molar refractivity (Wildman–Crippen MR) is 104 cm³/mol. The Balaban J connectivity index is 1.98. The summed E-state index contributed by atoms with van der Waals surface area (Å²) in [6.45, 7) is 2.29. The van der Waals surface area contributed by atoms with Gasteiger partial charge in [0.2, 0.25) is 0 Å². The van der Waals surface area contributed by atoms with E-state index in [9.17, 15) is 0 Å². The lowest BCUT2D eigenvalue weighted by Crippen LogP contribution is -2.23. The lowest BCUT2D eigenvalue weighted by atomic mass is 9.82. The average Bonchev–Trinajstić information content (AvgIpc) is 2.83. The van der Waals surface area contributed by atoms with Crippen molar-refractivity contribution in [2.75, 3.05) is 41.3 Å². The third-order valence-electron chi connectivity index (χ3n) is 5.34. The normalized spacial score (nSPS) is 17.6. The molecule has 0 saturated carbocycles. The van der Waals surface area contributed by atoms with Gasteiger partial charge >= 0.3 is 0 Å². The molecule has 1 heterocycles. The Kier molecular flexibility index (Phi) is 5.12. The zero-order valence-electron chi connectivity index (χ0n) is 15.8. The maximum absolute atomic E-state index is 2.50. The molecule has 3 nitrogen and oxygen atoms in total. The van der Waals surface area contributed by atoms with Gasteiger partial charge in [0.05, 0.1) is 0 Å². The van der Waals surface area contributed by atoms with Crippen molar-refractivity contribution < 1.29 is 0 Å². The Morgan fingerprint density at radius 2 is 1.75 bits per heavy atom. The Bertz CT molecular complexity index is 737. The molecule has 130 valence electrons. The molecule has 1 atom stereocenters. The molecular weight excluding hydrogens is 294 g/mol. The quantitative estimate of drug-likeness (QED) is 0.803. The number of rotatable bonds is 6. The predicted octanol–water partition coefficient (Wildman–Crippen LogP) is 3.64. The molecule has 1 unspecified atom stereocenters. The van der Waals surface area contributed by atoms with Crippen molar-refractivity contribution in [2.24, 2.45) is 13.0 Å². The van der Waals surface area contributed by atoms with E-state index in [1.165, 1.54) is 41.4 Å². The highest BCUT2D eigenvalue weighted by molar-refractivity contribution is 5.92. The fourth-order valence-corrected chi connectivity index (χ4v) is 3.88. The second-order valence-corrected chi connectivity index (χ2v) is 7.70. The molecule has 0 spiro atoms. The average molecular weight is 326 g/mol. The fraction of sp³-hybridized carbons (Fsp3) is 0.524. The molecule has 0 aliphatic heterocycles. The van der Waals surface area contributed by atoms with Crippen LogP contribution < -0.4 is 0 Å². The van der Waals surface area contributed by atoms with Gasteiger partial charge in [0.25, 0.3) is 0 Å². The van der Waals surface area contributed by atoms with Crippen LogP contribution in [0.4, 0.5) is 0 Å². The molecule has 3 rings (SSSR count). The van der Waals surface area contributed by atoms with Crippen LogP contribution in [0.5, 0.6) is 0 Å². The van der Waals surface area contributed by atoms with Crippen molar-refractivity contribution in [1.29, 1.82) is 0 Å². The highest BCUT2D eigenvalue weighted by Gasteiger charge is 2.25. The van der Waals surface area contributed by atoms with Gasteiger partial charge in [-0.1, -0.05) is 29.8 Å². The van der Waals surface area contributed by atoms with E-state index in [1.54, 1.807) is 5.57 Å². The SMILES string of the molecule is CN(C)CCC1=Cc2c(n(C)c3ccccc23)CC1CCN(C)C. The van der Waals surface area contributed by atoms with E-state index in [2.05, 4.69) is 79.9 Å². The first kappa shape index (κ1) is 17.2. The van der Waals surface area contributed by atoms with Crippen LogP contribution in [0.1, 0.15) is 24.1 Å². The minimum atomic E-state index is 0.669. The maximum Gasteiger partial charge on any atom is 0.0486 e. The Hall–Kier alpha value is -1.58. The van der Waals surface area contributed by atoms with Crippen LogP contribution in [0.15, 0.2) is 29.8 Å². The van der Waals surface area contributed by atoms with Crippen LogP contribution in [-0.2, 0) is 13.5 Å². The summed E-state index contributed by atoms with van der Waals surface area (Å²) in [4.78, 5) is 4.60. The number of fused-ring (bicyclic) bond motifs is 3. The van der Waals surface area contributed by atoms with Crippen LogP contribution in [0.3, 0.4) is 0 Å². The fourth-order valence-electron chi connectivity index (χ4n) is 3.88. The largest absolute Gasteiger partial charge is 0.347 e. The van der Waals surface area contributed by atoms with Crippen molar-refractivity contribution in [3.8, 4) is 0 Å². The van der Waals surface area contributed by atoms with Crippen molar-refractivity contribution in [3.63, 3.8) is 0 Å². The van der Waals surface area contributed by atoms with E-state index in [4.69, 9.17) is 0 Å². The Labute approximate surface area is 146 Å². The first-order chi connectivity index (χ1) is 11.5. The summed E-state index contributed by atoms with van der Waals surface area (Å²) in [5.41, 5.74) is 5.96. The van der Waals surface area contributed by atoms with Crippen molar-refractivity contribution in [1.82, 2.24) is 14.4 Å². The summed E-state index contributed by atoms with van der Waals surface area (Å²) in [6.07, 6.45) is 6.10. The molecule has 0 bridgehead atoms. The molecule has 1 aromatic heterocycles. The Morgan fingerprint density at radius 1 is 1.04 bits per heavy atom. The zero-order chi connectivity index (χ0) is 17.3. The second kappa shape index (κ2) is 7.12. The van der Waals surface area contributed by atoms with Gasteiger partial charge in [0.1, 0.15) is 0 Å². The maximum atomic E-state index is 2.50. The molecule has 1 aliphatic carbocycles. The smallest absolute Gasteiger partial charge is 0.0486 e. The monoisotopic (exact) mass is 325 g/mol. The molecule has 0 radical (unpaired) electrons. The first-order valence-corrected chi connectivity index (χ1v) is 9.03. The van der Waals surface area contributed by atoms with Gasteiger partial charge in [-0.25, -0.2) is 0 Å². The van der Waals surface area contributed by atoms with E-state index in [0.29, 0.717) is 5.92 Å². The molecule has 0 amide bonds. The molecule has 3 heteroatoms. The summed E-state index contributed by atoms with van der Waals surface area (Å²) >= 11 is 0. The lowest BCUT2D eigenvalue weighted by molar-refractivity contribution is 0.352. The standard InChI is InChI=1S/C21H31N3/c1-22(2)12-10-16-14-19-18-8-6-7-9-20(18)24(5)21(19)15-17(16)11-13-23(3)4/h6-9,14,17H,10-13,15H2,1-5H3. The van der Waals surface area contributed by atoms with Crippen LogP contribution in [0.2, 0.25) is 0 Å². The summed E-state index contributed by atoms with van der Waals surface area (Å²) in [7, 11) is 10.9. The molecule has 0 saturated heterocycles. The summed E-state index contributed by atoms with van der Waals surface area (Å²) < 4.78 is 2.41. The summed E-state index contributed by atoms with van der Waals surface area (Å²) in [6, 6.07) is 8.83. The van der Waals surface area contributed by atoms with Gasteiger partial charge in [0, 0.05) is 35.8 Å². The van der Waals surface area contributed by atoms with Crippen LogP contribution in [-0.4, -0.2) is 55.6 Å². The van der Waals surface area contributed by atoms with Crippen molar-refractivity contribution >= 4 is 17.0 Å². The van der Waals surface area contributed by atoms with Crippen molar-refractivity contribution in [2.45, 2.75) is 19.3 Å². The van der Waals surface area contributed by atoms with Gasteiger partial charge in [-0.2, -0.15) is 0 Å². The van der Waals surface area contributed by atoms with Gasteiger partial charge in [-0.15, -0.1) is 0 Å². The molecule has 1 aromatic carbocycles. The molecule has 0 N–H and O–H groups in total. The second-order valence-electron chi connectivity index (χ2n) is 7.70. The van der Waals surface area contributed by atoms with Crippen molar-refractivity contribution in [3.05, 3.63) is 41.1 Å². The van der Waals surface area contributed by atoms with E-state index in [0.717, 1.165) is 13.1 Å². The Morgan fingerprint density at radius 3 is 2.46 bits per heavy atom. The highest BCUT2D eigenvalue weighted by Crippen LogP contribution is 2.37. The van der Waals surface area contributed by atoms with E-state index < -0.39 is 0 Å². The van der Waals surface area contributed by atoms with Gasteiger partial charge in [-0.3, -0.25) is 0 Å². The van der Waals surface area contributed by atoms with Gasteiger partial charge in [-0.05, 0) is 66.0 Å². The third-order valence-corrected chi connectivity index (χ3v) is 5.34.